The Bertz CT molecular complexity index is 567. The molecule has 3 rings (SSSR count). The maximum Gasteiger partial charge on any atom is 0.0911 e. The van der Waals surface area contributed by atoms with Crippen molar-refractivity contribution in [1.29, 1.82) is 0 Å². The third-order valence-electron chi connectivity index (χ3n) is 4.83. The Balaban J connectivity index is 2.08. The number of hydrogen-bond acceptors (Lipinski definition) is 2. The number of benzene rings is 2. The van der Waals surface area contributed by atoms with Crippen molar-refractivity contribution in [2.75, 3.05) is 0 Å². The summed E-state index contributed by atoms with van der Waals surface area (Å²) in [5.41, 5.74) is 1.32. The lowest BCUT2D eigenvalue weighted by atomic mass is 9.62. The third kappa shape index (κ3) is 2.50. The Morgan fingerprint density at radius 1 is 0.905 bits per heavy atom. The molecule has 0 saturated heterocycles. The van der Waals surface area contributed by atoms with Gasteiger partial charge in [-0.25, -0.2) is 0 Å². The van der Waals surface area contributed by atoms with Crippen LogP contribution in [0.4, 0.5) is 0 Å². The van der Waals surface area contributed by atoms with Crippen LogP contribution >= 0.6 is 0 Å². The highest BCUT2D eigenvalue weighted by Gasteiger charge is 2.47. The summed E-state index contributed by atoms with van der Waals surface area (Å²) in [5, 5.41) is 21.8. The molecule has 1 fully saturated rings. The van der Waals surface area contributed by atoms with E-state index in [1.807, 2.05) is 60.7 Å². The van der Waals surface area contributed by atoms with Gasteiger partial charge in [-0.3, -0.25) is 0 Å². The van der Waals surface area contributed by atoms with E-state index in [1.54, 1.807) is 0 Å². The van der Waals surface area contributed by atoms with Crippen molar-refractivity contribution >= 4 is 0 Å². The van der Waals surface area contributed by atoms with Gasteiger partial charge in [-0.2, -0.15) is 0 Å². The van der Waals surface area contributed by atoms with Gasteiger partial charge in [-0.1, -0.05) is 73.5 Å². The fraction of sp³-hybridized carbons (Fsp3) is 0.368. The van der Waals surface area contributed by atoms with E-state index in [2.05, 4.69) is 0 Å². The summed E-state index contributed by atoms with van der Waals surface area (Å²) in [6.45, 7) is 0. The zero-order chi connectivity index (χ0) is 14.7. The van der Waals surface area contributed by atoms with Gasteiger partial charge in [0.25, 0.3) is 0 Å². The molecule has 0 radical (unpaired) electrons. The lowest BCUT2D eigenvalue weighted by Gasteiger charge is -2.45. The van der Waals surface area contributed by atoms with Crippen LogP contribution in [-0.4, -0.2) is 16.3 Å². The molecule has 2 nitrogen and oxygen atoms in total. The summed E-state index contributed by atoms with van der Waals surface area (Å²) in [4.78, 5) is 0. The normalized spacial score (nSPS) is 27.2. The molecule has 0 spiro atoms. The van der Waals surface area contributed by atoms with E-state index in [0.717, 1.165) is 36.8 Å². The highest BCUT2D eigenvalue weighted by Crippen LogP contribution is 2.48. The number of hydrogen-bond donors (Lipinski definition) is 2. The minimum absolute atomic E-state index is 0.510. The third-order valence-corrected chi connectivity index (χ3v) is 4.83. The molecule has 2 N–H and O–H groups in total. The minimum atomic E-state index is -0.684. The van der Waals surface area contributed by atoms with Crippen LogP contribution in [0, 0.1) is 0 Å². The van der Waals surface area contributed by atoms with Gasteiger partial charge in [0.15, 0.2) is 0 Å². The molecule has 1 aliphatic rings. The topological polar surface area (TPSA) is 40.5 Å². The van der Waals surface area contributed by atoms with Crippen LogP contribution in [0.25, 0.3) is 0 Å². The van der Waals surface area contributed by atoms with Gasteiger partial charge in [0.05, 0.1) is 17.6 Å². The Morgan fingerprint density at radius 3 is 2.14 bits per heavy atom. The smallest absolute Gasteiger partial charge is 0.0911 e. The number of rotatable bonds is 3. The summed E-state index contributed by atoms with van der Waals surface area (Å²) >= 11 is 0. The average molecular weight is 282 g/mol. The van der Waals surface area contributed by atoms with E-state index in [9.17, 15) is 10.2 Å². The first-order chi connectivity index (χ1) is 10.2. The van der Waals surface area contributed by atoms with Crippen molar-refractivity contribution in [3.8, 4) is 0 Å². The Kier molecular flexibility index (Phi) is 4.09. The molecular formula is C19H22O2. The molecule has 1 saturated carbocycles. The molecule has 1 unspecified atom stereocenters. The summed E-state index contributed by atoms with van der Waals surface area (Å²) in [5.74, 6) is 0. The fourth-order valence-electron chi connectivity index (χ4n) is 3.67. The predicted octanol–water partition coefficient (Wildman–Crippen LogP) is 3.59. The van der Waals surface area contributed by atoms with E-state index >= 15 is 0 Å². The molecule has 0 aliphatic heterocycles. The van der Waals surface area contributed by atoms with Crippen LogP contribution in [0.1, 0.15) is 42.9 Å². The van der Waals surface area contributed by atoms with Crippen molar-refractivity contribution in [3.05, 3.63) is 71.8 Å². The maximum absolute atomic E-state index is 11.1. The van der Waals surface area contributed by atoms with Crippen LogP contribution in [0.5, 0.6) is 0 Å². The quantitative estimate of drug-likeness (QED) is 0.903. The predicted molar refractivity (Wildman–Crippen MR) is 84.0 cm³/mol. The van der Waals surface area contributed by atoms with Gasteiger partial charge in [0.2, 0.25) is 0 Å². The van der Waals surface area contributed by atoms with E-state index in [0.29, 0.717) is 0 Å². The average Bonchev–Trinajstić information content (AvgIpc) is 2.56. The lowest BCUT2D eigenvalue weighted by Crippen LogP contribution is -2.47. The standard InChI is InChI=1S/C19H22O2/c20-17-13-7-8-14-19(17,16-11-5-2-6-12-16)18(21)15-9-3-1-4-10-15/h1-6,9-12,17-18,20-21H,7-8,13-14H2/t17-,18?,19-/m1/s1. The van der Waals surface area contributed by atoms with Gasteiger partial charge in [0.1, 0.15) is 0 Å². The highest BCUT2D eigenvalue weighted by atomic mass is 16.3. The highest BCUT2D eigenvalue weighted by molar-refractivity contribution is 5.34. The Hall–Kier alpha value is -1.64. The molecule has 2 heteroatoms. The van der Waals surface area contributed by atoms with Crippen molar-refractivity contribution < 1.29 is 10.2 Å². The summed E-state index contributed by atoms with van der Waals surface area (Å²) in [6.07, 6.45) is 2.43. The molecule has 0 aromatic heterocycles. The van der Waals surface area contributed by atoms with Crippen LogP contribution in [-0.2, 0) is 5.41 Å². The summed E-state index contributed by atoms with van der Waals surface area (Å²) in [6, 6.07) is 19.7. The van der Waals surface area contributed by atoms with E-state index < -0.39 is 17.6 Å². The van der Waals surface area contributed by atoms with Crippen molar-refractivity contribution in [2.24, 2.45) is 0 Å². The van der Waals surface area contributed by atoms with Crippen LogP contribution < -0.4 is 0 Å². The molecule has 1 aliphatic carbocycles. The van der Waals surface area contributed by atoms with Crippen LogP contribution in [0.3, 0.4) is 0 Å². The van der Waals surface area contributed by atoms with E-state index in [-0.39, 0.29) is 0 Å². The molecule has 110 valence electrons. The molecule has 2 aromatic rings. The molecule has 0 heterocycles. The monoisotopic (exact) mass is 282 g/mol. The molecule has 2 aromatic carbocycles. The van der Waals surface area contributed by atoms with Crippen LogP contribution in [0.15, 0.2) is 60.7 Å². The van der Waals surface area contributed by atoms with Gasteiger partial charge >= 0.3 is 0 Å². The van der Waals surface area contributed by atoms with Crippen molar-refractivity contribution in [2.45, 2.75) is 43.3 Å². The van der Waals surface area contributed by atoms with Crippen LogP contribution in [0.2, 0.25) is 0 Å². The maximum atomic E-state index is 11.1. The summed E-state index contributed by atoms with van der Waals surface area (Å²) in [7, 11) is 0. The number of aliphatic hydroxyl groups excluding tert-OH is 2. The first-order valence-corrected chi connectivity index (χ1v) is 7.72. The zero-order valence-corrected chi connectivity index (χ0v) is 12.2. The SMILES string of the molecule is OC(c1ccccc1)[C@@]1(c2ccccc2)CCCC[C@H]1O. The molecular weight excluding hydrogens is 260 g/mol. The Morgan fingerprint density at radius 2 is 1.52 bits per heavy atom. The molecule has 0 bridgehead atoms. The first-order valence-electron chi connectivity index (χ1n) is 7.72. The number of aliphatic hydroxyl groups is 2. The fourth-order valence-corrected chi connectivity index (χ4v) is 3.67. The minimum Gasteiger partial charge on any atom is -0.392 e. The molecule has 3 atom stereocenters. The van der Waals surface area contributed by atoms with E-state index in [4.69, 9.17) is 0 Å². The lowest BCUT2D eigenvalue weighted by molar-refractivity contribution is -0.0433. The molecule has 0 amide bonds. The Labute approximate surface area is 126 Å². The second kappa shape index (κ2) is 6.00. The van der Waals surface area contributed by atoms with Crippen molar-refractivity contribution in [1.82, 2.24) is 0 Å². The first kappa shape index (κ1) is 14.3. The van der Waals surface area contributed by atoms with Gasteiger partial charge in [-0.05, 0) is 24.0 Å². The van der Waals surface area contributed by atoms with E-state index in [1.165, 1.54) is 0 Å². The van der Waals surface area contributed by atoms with Gasteiger partial charge < -0.3 is 10.2 Å². The largest absolute Gasteiger partial charge is 0.392 e. The summed E-state index contributed by atoms with van der Waals surface area (Å²) < 4.78 is 0. The molecule has 21 heavy (non-hydrogen) atoms. The second-order valence-corrected chi connectivity index (χ2v) is 5.98. The second-order valence-electron chi connectivity index (χ2n) is 5.98. The van der Waals surface area contributed by atoms with Gasteiger partial charge in [0, 0.05) is 0 Å². The zero-order valence-electron chi connectivity index (χ0n) is 12.2. The van der Waals surface area contributed by atoms with Gasteiger partial charge in [-0.15, -0.1) is 0 Å². The van der Waals surface area contributed by atoms with Crippen molar-refractivity contribution in [3.63, 3.8) is 0 Å².